The zero-order valence-electron chi connectivity index (χ0n) is 10.9. The molecule has 3 rings (SSSR count). The number of aryl methyl sites for hydroxylation is 1. The van der Waals surface area contributed by atoms with Gasteiger partial charge in [-0.05, 0) is 18.2 Å². The Morgan fingerprint density at radius 1 is 1.05 bits per heavy atom. The molecule has 0 spiro atoms. The highest BCUT2D eigenvalue weighted by atomic mass is 16.5. The number of aromatic nitrogens is 1. The number of ether oxygens (including phenoxy) is 1. The lowest BCUT2D eigenvalue weighted by atomic mass is 10.2. The van der Waals surface area contributed by atoms with E-state index in [9.17, 15) is 9.90 Å². The van der Waals surface area contributed by atoms with Crippen LogP contribution in [0.3, 0.4) is 0 Å². The van der Waals surface area contributed by atoms with Gasteiger partial charge in [0.05, 0.1) is 5.52 Å². The summed E-state index contributed by atoms with van der Waals surface area (Å²) in [4.78, 5) is 11.5. The number of rotatable bonds is 3. The Morgan fingerprint density at radius 2 is 1.70 bits per heavy atom. The van der Waals surface area contributed by atoms with E-state index in [1.54, 1.807) is 29.8 Å². The van der Waals surface area contributed by atoms with Crippen molar-refractivity contribution in [3.8, 4) is 11.6 Å². The van der Waals surface area contributed by atoms with Gasteiger partial charge in [-0.1, -0.05) is 36.4 Å². The number of benzene rings is 2. The van der Waals surface area contributed by atoms with E-state index in [1.165, 1.54) is 0 Å². The van der Waals surface area contributed by atoms with E-state index in [2.05, 4.69) is 0 Å². The average Bonchev–Trinajstić information content (AvgIpc) is 2.74. The van der Waals surface area contributed by atoms with Crippen molar-refractivity contribution in [2.24, 2.45) is 7.05 Å². The largest absolute Gasteiger partial charge is 0.477 e. The van der Waals surface area contributed by atoms with Crippen LogP contribution in [0.1, 0.15) is 10.4 Å². The molecule has 0 unspecified atom stereocenters. The van der Waals surface area contributed by atoms with E-state index >= 15 is 0 Å². The number of carbonyl (C=O) groups is 1. The molecule has 2 aromatic carbocycles. The van der Waals surface area contributed by atoms with Gasteiger partial charge < -0.3 is 14.4 Å². The van der Waals surface area contributed by atoms with E-state index in [0.717, 1.165) is 5.52 Å². The van der Waals surface area contributed by atoms with Gasteiger partial charge in [-0.3, -0.25) is 0 Å². The second kappa shape index (κ2) is 4.74. The summed E-state index contributed by atoms with van der Waals surface area (Å²) in [6.07, 6.45) is 0. The van der Waals surface area contributed by atoms with Crippen molar-refractivity contribution in [3.05, 3.63) is 60.2 Å². The molecule has 20 heavy (non-hydrogen) atoms. The van der Waals surface area contributed by atoms with Gasteiger partial charge in [-0.2, -0.15) is 0 Å². The van der Waals surface area contributed by atoms with Crippen LogP contribution in [0.15, 0.2) is 54.6 Å². The number of aromatic carboxylic acids is 1. The first-order chi connectivity index (χ1) is 9.68. The molecule has 0 aliphatic carbocycles. The van der Waals surface area contributed by atoms with Crippen LogP contribution in [0.4, 0.5) is 0 Å². The maximum absolute atomic E-state index is 11.5. The fraction of sp³-hybridized carbons (Fsp3) is 0.0625. The number of hydrogen-bond acceptors (Lipinski definition) is 2. The monoisotopic (exact) mass is 267 g/mol. The van der Waals surface area contributed by atoms with Gasteiger partial charge in [0.15, 0.2) is 0 Å². The summed E-state index contributed by atoms with van der Waals surface area (Å²) in [6.45, 7) is 0. The SMILES string of the molecule is Cn1c(Oc2ccccc2)c(C(=O)O)c2ccccc21. The number of hydrogen-bond donors (Lipinski definition) is 1. The highest BCUT2D eigenvalue weighted by Gasteiger charge is 2.22. The molecule has 0 atom stereocenters. The van der Waals surface area contributed by atoms with Gasteiger partial charge in [0.25, 0.3) is 0 Å². The van der Waals surface area contributed by atoms with Crippen LogP contribution in [-0.2, 0) is 7.05 Å². The zero-order valence-corrected chi connectivity index (χ0v) is 10.9. The molecule has 4 heteroatoms. The molecule has 100 valence electrons. The van der Waals surface area contributed by atoms with Gasteiger partial charge in [0.1, 0.15) is 11.3 Å². The maximum atomic E-state index is 11.5. The summed E-state index contributed by atoms with van der Waals surface area (Å²) in [5.74, 6) is -0.0430. The lowest BCUT2D eigenvalue weighted by Gasteiger charge is -2.08. The summed E-state index contributed by atoms with van der Waals surface area (Å²) in [5, 5.41) is 10.1. The van der Waals surface area contributed by atoms with Gasteiger partial charge in [-0.25, -0.2) is 4.79 Å². The van der Waals surface area contributed by atoms with Crippen LogP contribution in [0.2, 0.25) is 0 Å². The third-order valence-corrected chi connectivity index (χ3v) is 3.22. The molecule has 1 N–H and O–H groups in total. The van der Waals surface area contributed by atoms with Gasteiger partial charge in [0.2, 0.25) is 5.88 Å². The summed E-state index contributed by atoms with van der Waals surface area (Å²) in [6, 6.07) is 16.5. The molecular weight excluding hydrogens is 254 g/mol. The van der Waals surface area contributed by atoms with Gasteiger partial charge >= 0.3 is 5.97 Å². The molecule has 0 amide bonds. The Hall–Kier alpha value is -2.75. The molecule has 0 saturated heterocycles. The van der Waals surface area contributed by atoms with Crippen molar-refractivity contribution in [1.29, 1.82) is 0 Å². The summed E-state index contributed by atoms with van der Waals surface area (Å²) < 4.78 is 7.52. The summed E-state index contributed by atoms with van der Waals surface area (Å²) in [7, 11) is 1.80. The van der Waals surface area contributed by atoms with Crippen LogP contribution >= 0.6 is 0 Å². The van der Waals surface area contributed by atoms with Crippen molar-refractivity contribution in [2.75, 3.05) is 0 Å². The standard InChI is InChI=1S/C16H13NO3/c1-17-13-10-6-5-9-12(13)14(16(18)19)15(17)20-11-7-3-2-4-8-11/h2-10H,1H3,(H,18,19). The molecular formula is C16H13NO3. The topological polar surface area (TPSA) is 51.5 Å². The lowest BCUT2D eigenvalue weighted by molar-refractivity contribution is 0.0696. The van der Waals surface area contributed by atoms with Crippen molar-refractivity contribution in [2.45, 2.75) is 0 Å². The average molecular weight is 267 g/mol. The fourth-order valence-electron chi connectivity index (χ4n) is 2.30. The molecule has 0 saturated carbocycles. The molecule has 3 aromatic rings. The third-order valence-electron chi connectivity index (χ3n) is 3.22. The van der Waals surface area contributed by atoms with E-state index < -0.39 is 5.97 Å². The predicted molar refractivity (Wildman–Crippen MR) is 76.4 cm³/mol. The fourth-order valence-corrected chi connectivity index (χ4v) is 2.30. The van der Waals surface area contributed by atoms with Crippen LogP contribution in [0.5, 0.6) is 11.6 Å². The second-order valence-electron chi connectivity index (χ2n) is 4.48. The van der Waals surface area contributed by atoms with Crippen molar-refractivity contribution in [3.63, 3.8) is 0 Å². The quantitative estimate of drug-likeness (QED) is 0.787. The number of carboxylic acids is 1. The maximum Gasteiger partial charge on any atom is 0.341 e. The third kappa shape index (κ3) is 1.91. The number of para-hydroxylation sites is 2. The first-order valence-corrected chi connectivity index (χ1v) is 6.22. The minimum atomic E-state index is -0.993. The highest BCUT2D eigenvalue weighted by molar-refractivity contribution is 6.06. The van der Waals surface area contributed by atoms with Gasteiger partial charge in [0, 0.05) is 12.4 Å². The normalized spacial score (nSPS) is 10.7. The highest BCUT2D eigenvalue weighted by Crippen LogP contribution is 2.34. The Morgan fingerprint density at radius 3 is 2.40 bits per heavy atom. The number of carboxylic acid groups (broad SMARTS) is 1. The zero-order chi connectivity index (χ0) is 14.1. The Bertz CT molecular complexity index is 775. The first-order valence-electron chi connectivity index (χ1n) is 6.22. The van der Waals surface area contributed by atoms with E-state index in [-0.39, 0.29) is 5.56 Å². The molecule has 0 bridgehead atoms. The Kier molecular flexibility index (Phi) is 2.91. The molecule has 0 aliphatic rings. The number of fused-ring (bicyclic) bond motifs is 1. The summed E-state index contributed by atoms with van der Waals surface area (Å²) >= 11 is 0. The van der Waals surface area contributed by atoms with Crippen LogP contribution < -0.4 is 4.74 Å². The lowest BCUT2D eigenvalue weighted by Crippen LogP contribution is -2.00. The van der Waals surface area contributed by atoms with Gasteiger partial charge in [-0.15, -0.1) is 0 Å². The summed E-state index contributed by atoms with van der Waals surface area (Å²) in [5.41, 5.74) is 1.02. The molecule has 0 fully saturated rings. The van der Waals surface area contributed by atoms with Crippen LogP contribution in [0.25, 0.3) is 10.9 Å². The minimum Gasteiger partial charge on any atom is -0.477 e. The Balaban J connectivity index is 2.21. The minimum absolute atomic E-state index is 0.187. The smallest absolute Gasteiger partial charge is 0.341 e. The molecule has 1 aromatic heterocycles. The molecule has 1 heterocycles. The van der Waals surface area contributed by atoms with Crippen molar-refractivity contribution < 1.29 is 14.6 Å². The second-order valence-corrected chi connectivity index (χ2v) is 4.48. The van der Waals surface area contributed by atoms with E-state index in [0.29, 0.717) is 17.0 Å². The van der Waals surface area contributed by atoms with E-state index in [1.807, 2.05) is 36.4 Å². The van der Waals surface area contributed by atoms with Crippen molar-refractivity contribution >= 4 is 16.9 Å². The van der Waals surface area contributed by atoms with Crippen LogP contribution in [0, 0.1) is 0 Å². The first kappa shape index (κ1) is 12.3. The molecule has 0 aliphatic heterocycles. The Labute approximate surface area is 115 Å². The van der Waals surface area contributed by atoms with Crippen LogP contribution in [-0.4, -0.2) is 15.6 Å². The molecule has 4 nitrogen and oxygen atoms in total. The van der Waals surface area contributed by atoms with E-state index in [4.69, 9.17) is 4.74 Å². The predicted octanol–water partition coefficient (Wildman–Crippen LogP) is 3.67. The number of nitrogens with zero attached hydrogens (tertiary/aromatic N) is 1. The van der Waals surface area contributed by atoms with Crippen molar-refractivity contribution in [1.82, 2.24) is 4.57 Å². The molecule has 0 radical (unpaired) electrons.